The minimum absolute atomic E-state index is 0.0772. The summed E-state index contributed by atoms with van der Waals surface area (Å²) in [4.78, 5) is 20.9. The summed E-state index contributed by atoms with van der Waals surface area (Å²) >= 11 is 0. The molecule has 1 aliphatic rings. The molecule has 0 unspecified atom stereocenters. The lowest BCUT2D eigenvalue weighted by molar-refractivity contribution is 0.105. The van der Waals surface area contributed by atoms with E-state index in [4.69, 9.17) is 4.74 Å². The van der Waals surface area contributed by atoms with Crippen molar-refractivity contribution in [2.45, 2.75) is 12.5 Å². The lowest BCUT2D eigenvalue weighted by atomic mass is 9.98. The zero-order valence-electron chi connectivity index (χ0n) is 14.0. The molecule has 0 atom stereocenters. The Morgan fingerprint density at radius 2 is 1.76 bits per heavy atom. The van der Waals surface area contributed by atoms with Crippen molar-refractivity contribution < 1.29 is 9.53 Å². The van der Waals surface area contributed by atoms with Gasteiger partial charge >= 0.3 is 6.09 Å². The van der Waals surface area contributed by atoms with Crippen molar-refractivity contribution in [3.05, 3.63) is 77.9 Å². The van der Waals surface area contributed by atoms with E-state index in [0.29, 0.717) is 13.2 Å². The van der Waals surface area contributed by atoms with Gasteiger partial charge in [0.05, 0.1) is 6.54 Å². The van der Waals surface area contributed by atoms with Crippen molar-refractivity contribution in [2.75, 3.05) is 13.7 Å². The molecule has 1 N–H and O–H groups in total. The second-order valence-corrected chi connectivity index (χ2v) is 6.20. The van der Waals surface area contributed by atoms with Gasteiger partial charge in [0.15, 0.2) is 0 Å². The van der Waals surface area contributed by atoms with Gasteiger partial charge in [0, 0.05) is 25.4 Å². The fraction of sp³-hybridized carbons (Fsp3) is 0.200. The van der Waals surface area contributed by atoms with Crippen LogP contribution in [0.3, 0.4) is 0 Å². The quantitative estimate of drug-likeness (QED) is 0.790. The summed E-state index contributed by atoms with van der Waals surface area (Å²) in [7, 11) is 1.71. The van der Waals surface area contributed by atoms with E-state index >= 15 is 0 Å². The van der Waals surface area contributed by atoms with Crippen molar-refractivity contribution in [3.8, 4) is 11.1 Å². The number of hydrogen-bond acceptors (Lipinski definition) is 3. The molecule has 0 radical (unpaired) electrons. The summed E-state index contributed by atoms with van der Waals surface area (Å²) in [5, 5.41) is 0. The van der Waals surface area contributed by atoms with E-state index in [1.807, 2.05) is 24.3 Å². The average Bonchev–Trinajstić information content (AvgIpc) is 3.26. The van der Waals surface area contributed by atoms with Crippen LogP contribution >= 0.6 is 0 Å². The highest BCUT2D eigenvalue weighted by Gasteiger charge is 2.29. The molecule has 0 saturated heterocycles. The van der Waals surface area contributed by atoms with Crippen LogP contribution in [0.1, 0.15) is 22.9 Å². The SMILES string of the molecule is CN(Cc1ncc[nH]1)C(=O)OCC1c2ccccc2-c2ccccc21. The molecular formula is C20H19N3O2. The van der Waals surface area contributed by atoms with Crippen LogP contribution in [0.4, 0.5) is 4.79 Å². The highest BCUT2D eigenvalue weighted by molar-refractivity contribution is 5.79. The van der Waals surface area contributed by atoms with Gasteiger partial charge in [0.25, 0.3) is 0 Å². The Morgan fingerprint density at radius 3 is 2.36 bits per heavy atom. The first-order valence-corrected chi connectivity index (χ1v) is 8.28. The normalized spacial score (nSPS) is 12.5. The highest BCUT2D eigenvalue weighted by atomic mass is 16.6. The van der Waals surface area contributed by atoms with Crippen LogP contribution in [0.5, 0.6) is 0 Å². The monoisotopic (exact) mass is 333 g/mol. The number of rotatable bonds is 4. The number of carbonyl (C=O) groups is 1. The van der Waals surface area contributed by atoms with Crippen LogP contribution in [-0.2, 0) is 11.3 Å². The van der Waals surface area contributed by atoms with E-state index in [9.17, 15) is 4.79 Å². The standard InChI is InChI=1S/C20H19N3O2/c1-23(12-19-21-10-11-22-19)20(24)25-13-18-16-8-4-2-6-14(16)15-7-3-5-9-17(15)18/h2-11,18H,12-13H2,1H3,(H,21,22). The first-order chi connectivity index (χ1) is 12.2. The summed E-state index contributed by atoms with van der Waals surface area (Å²) in [6.45, 7) is 0.721. The molecule has 0 fully saturated rings. The minimum atomic E-state index is -0.349. The van der Waals surface area contributed by atoms with Gasteiger partial charge in [-0.05, 0) is 22.3 Å². The second kappa shape index (κ2) is 6.43. The molecular weight excluding hydrogens is 314 g/mol. The number of nitrogens with zero attached hydrogens (tertiary/aromatic N) is 2. The van der Waals surface area contributed by atoms with Crippen LogP contribution in [0.25, 0.3) is 11.1 Å². The summed E-state index contributed by atoms with van der Waals surface area (Å²) in [5.41, 5.74) is 4.88. The van der Waals surface area contributed by atoms with Gasteiger partial charge in [0.1, 0.15) is 12.4 Å². The van der Waals surface area contributed by atoms with E-state index in [2.05, 4.69) is 34.2 Å². The third-order valence-corrected chi connectivity index (χ3v) is 4.59. The molecule has 3 aromatic rings. The molecule has 1 aliphatic carbocycles. The zero-order chi connectivity index (χ0) is 17.2. The van der Waals surface area contributed by atoms with Crippen molar-refractivity contribution in [3.63, 3.8) is 0 Å². The number of nitrogens with one attached hydrogen (secondary N) is 1. The number of fused-ring (bicyclic) bond motifs is 3. The molecule has 2 aromatic carbocycles. The van der Waals surface area contributed by atoms with Gasteiger partial charge in [-0.25, -0.2) is 9.78 Å². The molecule has 0 aliphatic heterocycles. The van der Waals surface area contributed by atoms with E-state index in [0.717, 1.165) is 5.82 Å². The number of H-pyrrole nitrogens is 1. The number of benzene rings is 2. The summed E-state index contributed by atoms with van der Waals surface area (Å²) in [5.74, 6) is 0.810. The fourth-order valence-corrected chi connectivity index (χ4v) is 3.38. The van der Waals surface area contributed by atoms with Gasteiger partial charge in [0.2, 0.25) is 0 Å². The van der Waals surface area contributed by atoms with Crippen LogP contribution in [0.15, 0.2) is 60.9 Å². The molecule has 1 heterocycles. The average molecular weight is 333 g/mol. The lowest BCUT2D eigenvalue weighted by Gasteiger charge is -2.19. The molecule has 4 rings (SSSR count). The van der Waals surface area contributed by atoms with Crippen LogP contribution in [0.2, 0.25) is 0 Å². The molecule has 0 spiro atoms. The predicted octanol–water partition coefficient (Wildman–Crippen LogP) is 3.79. The molecule has 25 heavy (non-hydrogen) atoms. The van der Waals surface area contributed by atoms with Crippen LogP contribution in [0, 0.1) is 0 Å². The Kier molecular flexibility index (Phi) is 3.98. The maximum atomic E-state index is 12.3. The fourth-order valence-electron chi connectivity index (χ4n) is 3.38. The molecule has 0 saturated carbocycles. The molecule has 126 valence electrons. The molecule has 0 bridgehead atoms. The Balaban J connectivity index is 1.48. The smallest absolute Gasteiger partial charge is 0.409 e. The van der Waals surface area contributed by atoms with E-state index in [1.165, 1.54) is 27.2 Å². The Bertz CT molecular complexity index is 844. The van der Waals surface area contributed by atoms with E-state index in [-0.39, 0.29) is 12.0 Å². The number of hydrogen-bond donors (Lipinski definition) is 1. The number of imidazole rings is 1. The van der Waals surface area contributed by atoms with Gasteiger partial charge in [-0.15, -0.1) is 0 Å². The number of aromatic nitrogens is 2. The topological polar surface area (TPSA) is 58.2 Å². The number of carbonyl (C=O) groups excluding carboxylic acids is 1. The van der Waals surface area contributed by atoms with Crippen LogP contribution < -0.4 is 0 Å². The summed E-state index contributed by atoms with van der Waals surface area (Å²) in [6.07, 6.45) is 3.06. The number of amides is 1. The third kappa shape index (κ3) is 2.89. The predicted molar refractivity (Wildman–Crippen MR) is 95.1 cm³/mol. The molecule has 5 nitrogen and oxygen atoms in total. The van der Waals surface area contributed by atoms with Crippen LogP contribution in [-0.4, -0.2) is 34.6 Å². The maximum absolute atomic E-state index is 12.3. The molecule has 5 heteroatoms. The first-order valence-electron chi connectivity index (χ1n) is 8.28. The Hall–Kier alpha value is -3.08. The van der Waals surface area contributed by atoms with E-state index in [1.54, 1.807) is 19.4 Å². The summed E-state index contributed by atoms with van der Waals surface area (Å²) in [6, 6.07) is 16.6. The maximum Gasteiger partial charge on any atom is 0.409 e. The molecule has 1 amide bonds. The van der Waals surface area contributed by atoms with Crippen molar-refractivity contribution >= 4 is 6.09 Å². The van der Waals surface area contributed by atoms with Gasteiger partial charge in [-0.2, -0.15) is 0 Å². The minimum Gasteiger partial charge on any atom is -0.448 e. The lowest BCUT2D eigenvalue weighted by Crippen LogP contribution is -2.28. The highest BCUT2D eigenvalue weighted by Crippen LogP contribution is 2.44. The van der Waals surface area contributed by atoms with Crippen molar-refractivity contribution in [2.24, 2.45) is 0 Å². The van der Waals surface area contributed by atoms with Gasteiger partial charge < -0.3 is 14.6 Å². The van der Waals surface area contributed by atoms with Gasteiger partial charge in [-0.1, -0.05) is 48.5 Å². The summed E-state index contributed by atoms with van der Waals surface area (Å²) < 4.78 is 5.60. The Morgan fingerprint density at radius 1 is 1.12 bits per heavy atom. The van der Waals surface area contributed by atoms with E-state index < -0.39 is 0 Å². The van der Waals surface area contributed by atoms with Gasteiger partial charge in [-0.3, -0.25) is 0 Å². The first kappa shape index (κ1) is 15.4. The number of aromatic amines is 1. The third-order valence-electron chi connectivity index (χ3n) is 4.59. The number of ether oxygens (including phenoxy) is 1. The van der Waals surface area contributed by atoms with Crippen molar-refractivity contribution in [1.29, 1.82) is 0 Å². The second-order valence-electron chi connectivity index (χ2n) is 6.20. The van der Waals surface area contributed by atoms with Crippen molar-refractivity contribution in [1.82, 2.24) is 14.9 Å². The largest absolute Gasteiger partial charge is 0.448 e. The molecule has 1 aromatic heterocycles. The Labute approximate surface area is 146 Å². The zero-order valence-corrected chi connectivity index (χ0v) is 14.0.